The summed E-state index contributed by atoms with van der Waals surface area (Å²) in [5.41, 5.74) is 2.54. The fraction of sp³-hybridized carbons (Fsp3) is 0.125. The Morgan fingerprint density at radius 1 is 1.23 bits per heavy atom. The molecule has 112 valence electrons. The van der Waals surface area contributed by atoms with Gasteiger partial charge in [-0.2, -0.15) is 11.3 Å². The van der Waals surface area contributed by atoms with Crippen molar-refractivity contribution in [3.8, 4) is 17.0 Å². The van der Waals surface area contributed by atoms with Crippen molar-refractivity contribution in [3.63, 3.8) is 0 Å². The van der Waals surface area contributed by atoms with E-state index in [4.69, 9.17) is 4.74 Å². The van der Waals surface area contributed by atoms with Gasteiger partial charge in [-0.05, 0) is 42.6 Å². The average Bonchev–Trinajstić information content (AvgIpc) is 3.17. The zero-order chi connectivity index (χ0) is 15.5. The average molecular weight is 330 g/mol. The molecular formula is C16H14N2O2S2. The lowest BCUT2D eigenvalue weighted by molar-refractivity contribution is 0.102. The van der Waals surface area contributed by atoms with Gasteiger partial charge in [0.05, 0.1) is 18.4 Å². The summed E-state index contributed by atoms with van der Waals surface area (Å²) < 4.78 is 5.16. The van der Waals surface area contributed by atoms with E-state index in [0.29, 0.717) is 10.7 Å². The van der Waals surface area contributed by atoms with Gasteiger partial charge in [0.15, 0.2) is 5.13 Å². The molecule has 0 saturated heterocycles. The SMILES string of the molecule is COc1ccc(-c2nc(NC(=O)c3ccsc3)sc2C)cc1. The summed E-state index contributed by atoms with van der Waals surface area (Å²) in [6.07, 6.45) is 0. The first-order valence-corrected chi connectivity index (χ1v) is 8.38. The van der Waals surface area contributed by atoms with Crippen LogP contribution in [0.1, 0.15) is 15.2 Å². The molecule has 0 aliphatic carbocycles. The van der Waals surface area contributed by atoms with Crippen LogP contribution in [0.4, 0.5) is 5.13 Å². The first kappa shape index (κ1) is 14.7. The number of thiazole rings is 1. The van der Waals surface area contributed by atoms with Crippen molar-refractivity contribution in [2.75, 3.05) is 12.4 Å². The molecule has 0 bridgehead atoms. The molecule has 1 aromatic carbocycles. The highest BCUT2D eigenvalue weighted by atomic mass is 32.1. The van der Waals surface area contributed by atoms with Crippen LogP contribution in [0, 0.1) is 6.92 Å². The summed E-state index contributed by atoms with van der Waals surface area (Å²) >= 11 is 2.97. The molecule has 0 atom stereocenters. The molecule has 0 saturated carbocycles. The van der Waals surface area contributed by atoms with Crippen molar-refractivity contribution < 1.29 is 9.53 Å². The molecule has 0 aliphatic heterocycles. The van der Waals surface area contributed by atoms with Crippen molar-refractivity contribution in [2.45, 2.75) is 6.92 Å². The fourth-order valence-corrected chi connectivity index (χ4v) is 3.50. The van der Waals surface area contributed by atoms with Crippen LogP contribution in [0.25, 0.3) is 11.3 Å². The smallest absolute Gasteiger partial charge is 0.258 e. The zero-order valence-electron chi connectivity index (χ0n) is 12.1. The van der Waals surface area contributed by atoms with Crippen LogP contribution in [0.15, 0.2) is 41.1 Å². The van der Waals surface area contributed by atoms with Crippen LogP contribution in [0.5, 0.6) is 5.75 Å². The van der Waals surface area contributed by atoms with E-state index in [2.05, 4.69) is 10.3 Å². The Hall–Kier alpha value is -2.18. The van der Waals surface area contributed by atoms with E-state index in [1.54, 1.807) is 13.2 Å². The number of methoxy groups -OCH3 is 1. The number of hydrogen-bond donors (Lipinski definition) is 1. The van der Waals surface area contributed by atoms with Gasteiger partial charge in [-0.25, -0.2) is 4.98 Å². The Kier molecular flexibility index (Phi) is 4.22. The molecule has 3 aromatic rings. The molecule has 0 aliphatic rings. The number of ether oxygens (including phenoxy) is 1. The maximum atomic E-state index is 12.1. The number of carbonyl (C=O) groups excluding carboxylic acids is 1. The van der Waals surface area contributed by atoms with Gasteiger partial charge in [-0.1, -0.05) is 0 Å². The summed E-state index contributed by atoms with van der Waals surface area (Å²) in [5, 5.41) is 7.16. The van der Waals surface area contributed by atoms with E-state index >= 15 is 0 Å². The minimum atomic E-state index is -0.128. The number of carbonyl (C=O) groups is 1. The monoisotopic (exact) mass is 330 g/mol. The van der Waals surface area contributed by atoms with Crippen molar-refractivity contribution in [2.24, 2.45) is 0 Å². The Morgan fingerprint density at radius 2 is 2.00 bits per heavy atom. The molecule has 3 rings (SSSR count). The molecule has 0 radical (unpaired) electrons. The molecule has 2 heterocycles. The molecule has 0 spiro atoms. The number of anilines is 1. The number of aryl methyl sites for hydroxylation is 1. The number of aromatic nitrogens is 1. The lowest BCUT2D eigenvalue weighted by Crippen LogP contribution is -2.10. The van der Waals surface area contributed by atoms with Crippen LogP contribution < -0.4 is 10.1 Å². The van der Waals surface area contributed by atoms with E-state index in [-0.39, 0.29) is 5.91 Å². The highest BCUT2D eigenvalue weighted by Gasteiger charge is 2.13. The maximum absolute atomic E-state index is 12.1. The van der Waals surface area contributed by atoms with Crippen molar-refractivity contribution in [3.05, 3.63) is 51.5 Å². The second kappa shape index (κ2) is 6.29. The summed E-state index contributed by atoms with van der Waals surface area (Å²) in [5.74, 6) is 0.680. The zero-order valence-corrected chi connectivity index (χ0v) is 13.8. The Morgan fingerprint density at radius 3 is 2.64 bits per heavy atom. The Balaban J connectivity index is 1.82. The van der Waals surface area contributed by atoms with Crippen molar-refractivity contribution in [1.29, 1.82) is 0 Å². The molecule has 1 amide bonds. The van der Waals surface area contributed by atoms with Crippen LogP contribution in [0.2, 0.25) is 0 Å². The molecule has 22 heavy (non-hydrogen) atoms. The second-order valence-corrected chi connectivity index (χ2v) is 6.60. The lowest BCUT2D eigenvalue weighted by atomic mass is 10.1. The van der Waals surface area contributed by atoms with Crippen LogP contribution in [0.3, 0.4) is 0 Å². The minimum Gasteiger partial charge on any atom is -0.497 e. The first-order valence-electron chi connectivity index (χ1n) is 6.63. The van der Waals surface area contributed by atoms with Gasteiger partial charge in [-0.15, -0.1) is 11.3 Å². The standard InChI is InChI=1S/C16H14N2O2S2/c1-10-14(11-3-5-13(20-2)6-4-11)17-16(22-10)18-15(19)12-7-8-21-9-12/h3-9H,1-2H3,(H,17,18,19). The number of nitrogens with zero attached hydrogens (tertiary/aromatic N) is 1. The highest BCUT2D eigenvalue weighted by Crippen LogP contribution is 2.31. The van der Waals surface area contributed by atoms with Crippen LogP contribution in [-0.2, 0) is 0 Å². The topological polar surface area (TPSA) is 51.2 Å². The number of amides is 1. The van der Waals surface area contributed by atoms with E-state index in [9.17, 15) is 4.79 Å². The van der Waals surface area contributed by atoms with Crippen LogP contribution >= 0.6 is 22.7 Å². The van der Waals surface area contributed by atoms with Gasteiger partial charge in [0, 0.05) is 15.8 Å². The Bertz CT molecular complexity index is 777. The molecule has 6 heteroatoms. The van der Waals surface area contributed by atoms with Gasteiger partial charge in [0.1, 0.15) is 5.75 Å². The molecule has 0 unspecified atom stereocenters. The molecular weight excluding hydrogens is 316 g/mol. The fourth-order valence-electron chi connectivity index (χ4n) is 2.03. The predicted molar refractivity (Wildman–Crippen MR) is 91.1 cm³/mol. The van der Waals surface area contributed by atoms with Crippen molar-refractivity contribution in [1.82, 2.24) is 4.98 Å². The lowest BCUT2D eigenvalue weighted by Gasteiger charge is -2.02. The quantitative estimate of drug-likeness (QED) is 0.769. The second-order valence-electron chi connectivity index (χ2n) is 4.62. The normalized spacial score (nSPS) is 10.5. The third kappa shape index (κ3) is 3.03. The molecule has 1 N–H and O–H groups in total. The van der Waals surface area contributed by atoms with E-state index in [0.717, 1.165) is 21.9 Å². The van der Waals surface area contributed by atoms with Gasteiger partial charge < -0.3 is 4.74 Å². The summed E-state index contributed by atoms with van der Waals surface area (Å²) in [4.78, 5) is 17.7. The number of nitrogens with one attached hydrogen (secondary N) is 1. The molecule has 4 nitrogen and oxygen atoms in total. The summed E-state index contributed by atoms with van der Waals surface area (Å²) in [6, 6.07) is 9.52. The minimum absolute atomic E-state index is 0.128. The van der Waals surface area contributed by atoms with E-state index in [1.165, 1.54) is 22.7 Å². The largest absolute Gasteiger partial charge is 0.497 e. The third-order valence-electron chi connectivity index (χ3n) is 3.16. The van der Waals surface area contributed by atoms with Gasteiger partial charge in [-0.3, -0.25) is 10.1 Å². The molecule has 0 fully saturated rings. The number of hydrogen-bond acceptors (Lipinski definition) is 5. The van der Waals surface area contributed by atoms with Gasteiger partial charge >= 0.3 is 0 Å². The van der Waals surface area contributed by atoms with Gasteiger partial charge in [0.25, 0.3) is 5.91 Å². The summed E-state index contributed by atoms with van der Waals surface area (Å²) in [6.45, 7) is 2.00. The number of benzene rings is 1. The van der Waals surface area contributed by atoms with Crippen LogP contribution in [-0.4, -0.2) is 18.0 Å². The number of thiophene rings is 1. The van der Waals surface area contributed by atoms with Gasteiger partial charge in [0.2, 0.25) is 0 Å². The summed E-state index contributed by atoms with van der Waals surface area (Å²) in [7, 11) is 1.64. The predicted octanol–water partition coefficient (Wildman–Crippen LogP) is 4.44. The third-order valence-corrected chi connectivity index (χ3v) is 4.73. The first-order chi connectivity index (χ1) is 10.7. The van der Waals surface area contributed by atoms with E-state index < -0.39 is 0 Å². The number of rotatable bonds is 4. The highest BCUT2D eigenvalue weighted by molar-refractivity contribution is 7.16. The van der Waals surface area contributed by atoms with E-state index in [1.807, 2.05) is 41.9 Å². The molecule has 2 aromatic heterocycles. The van der Waals surface area contributed by atoms with Crippen molar-refractivity contribution >= 4 is 33.7 Å². The maximum Gasteiger partial charge on any atom is 0.258 e. The Labute approximate surface area is 136 Å².